The molecule has 82 valence electrons. The summed E-state index contributed by atoms with van der Waals surface area (Å²) in [5, 5.41) is 9.32. The highest BCUT2D eigenvalue weighted by atomic mass is 16.3. The van der Waals surface area contributed by atoms with E-state index in [4.69, 9.17) is 5.73 Å². The zero-order valence-corrected chi connectivity index (χ0v) is 8.76. The number of hydrogen-bond donors (Lipinski definition) is 2. The molecule has 1 atom stereocenters. The quantitative estimate of drug-likeness (QED) is 0.760. The van der Waals surface area contributed by atoms with Gasteiger partial charge in [0.25, 0.3) is 0 Å². The number of nitrogens with two attached hydrogens (primary N) is 1. The Morgan fingerprint density at radius 1 is 1.53 bits per heavy atom. The summed E-state index contributed by atoms with van der Waals surface area (Å²) in [5.74, 6) is 0. The minimum atomic E-state index is 0.196. The molecule has 0 amide bonds. The van der Waals surface area contributed by atoms with Gasteiger partial charge in [-0.05, 0) is 25.3 Å². The first-order chi connectivity index (χ1) is 7.33. The standard InChI is InChI=1S/C11H17N3O/c12-10-7-13-5-4-11(10)14-6-2-1-3-9(14)8-15/h4-5,7,9,15H,1-3,6,8,12H2. The van der Waals surface area contributed by atoms with E-state index in [1.165, 1.54) is 6.42 Å². The Hall–Kier alpha value is -1.29. The van der Waals surface area contributed by atoms with Gasteiger partial charge in [-0.1, -0.05) is 0 Å². The van der Waals surface area contributed by atoms with Crippen LogP contribution in [0.2, 0.25) is 0 Å². The molecular weight excluding hydrogens is 190 g/mol. The predicted molar refractivity (Wildman–Crippen MR) is 60.7 cm³/mol. The van der Waals surface area contributed by atoms with Gasteiger partial charge in [-0.15, -0.1) is 0 Å². The lowest BCUT2D eigenvalue weighted by Gasteiger charge is -2.37. The number of pyridine rings is 1. The zero-order valence-electron chi connectivity index (χ0n) is 8.76. The Morgan fingerprint density at radius 3 is 3.13 bits per heavy atom. The fourth-order valence-electron chi connectivity index (χ4n) is 2.17. The molecule has 1 saturated heterocycles. The summed E-state index contributed by atoms with van der Waals surface area (Å²) in [7, 11) is 0. The number of rotatable bonds is 2. The molecule has 0 spiro atoms. The molecule has 1 unspecified atom stereocenters. The van der Waals surface area contributed by atoms with Crippen molar-refractivity contribution < 1.29 is 5.11 Å². The van der Waals surface area contributed by atoms with Crippen LogP contribution < -0.4 is 10.6 Å². The molecular formula is C11H17N3O. The van der Waals surface area contributed by atoms with Gasteiger partial charge in [0.05, 0.1) is 30.2 Å². The summed E-state index contributed by atoms with van der Waals surface area (Å²) in [4.78, 5) is 6.17. The van der Waals surface area contributed by atoms with Gasteiger partial charge in [-0.2, -0.15) is 0 Å². The van der Waals surface area contributed by atoms with Crippen molar-refractivity contribution in [3.63, 3.8) is 0 Å². The van der Waals surface area contributed by atoms with E-state index in [0.717, 1.165) is 25.1 Å². The number of piperidine rings is 1. The van der Waals surface area contributed by atoms with Crippen LogP contribution >= 0.6 is 0 Å². The summed E-state index contributed by atoms with van der Waals surface area (Å²) >= 11 is 0. The maximum Gasteiger partial charge on any atom is 0.0738 e. The van der Waals surface area contributed by atoms with Gasteiger partial charge in [0.15, 0.2) is 0 Å². The summed E-state index contributed by atoms with van der Waals surface area (Å²) in [5.41, 5.74) is 7.58. The van der Waals surface area contributed by atoms with Gasteiger partial charge >= 0.3 is 0 Å². The van der Waals surface area contributed by atoms with Crippen molar-refractivity contribution in [2.75, 3.05) is 23.8 Å². The molecule has 1 aliphatic rings. The van der Waals surface area contributed by atoms with Gasteiger partial charge in [0.2, 0.25) is 0 Å². The molecule has 0 radical (unpaired) electrons. The highest BCUT2D eigenvalue weighted by Gasteiger charge is 2.22. The van der Waals surface area contributed by atoms with E-state index < -0.39 is 0 Å². The molecule has 0 saturated carbocycles. The molecule has 2 heterocycles. The Bertz CT molecular complexity index is 329. The van der Waals surface area contributed by atoms with E-state index in [1.54, 1.807) is 12.4 Å². The monoisotopic (exact) mass is 207 g/mol. The summed E-state index contributed by atoms with van der Waals surface area (Å²) in [6.07, 6.45) is 6.80. The minimum absolute atomic E-state index is 0.196. The molecule has 0 bridgehead atoms. The maximum absolute atomic E-state index is 9.32. The number of hydrogen-bond acceptors (Lipinski definition) is 4. The normalized spacial score (nSPS) is 21.7. The molecule has 2 rings (SSSR count). The highest BCUT2D eigenvalue weighted by Crippen LogP contribution is 2.28. The van der Waals surface area contributed by atoms with E-state index >= 15 is 0 Å². The van der Waals surface area contributed by atoms with Crippen molar-refractivity contribution in [2.24, 2.45) is 0 Å². The number of nitrogen functional groups attached to an aromatic ring is 1. The van der Waals surface area contributed by atoms with Crippen LogP contribution in [0.3, 0.4) is 0 Å². The fraction of sp³-hybridized carbons (Fsp3) is 0.545. The lowest BCUT2D eigenvalue weighted by Crippen LogP contribution is -2.42. The number of anilines is 2. The van der Waals surface area contributed by atoms with Gasteiger partial charge < -0.3 is 15.7 Å². The van der Waals surface area contributed by atoms with Crippen molar-refractivity contribution in [1.29, 1.82) is 0 Å². The molecule has 1 aromatic heterocycles. The van der Waals surface area contributed by atoms with Crippen molar-refractivity contribution in [1.82, 2.24) is 4.98 Å². The molecule has 1 aliphatic heterocycles. The third-order valence-corrected chi connectivity index (χ3v) is 2.98. The molecule has 1 aromatic rings. The Balaban J connectivity index is 2.24. The third kappa shape index (κ3) is 2.04. The average molecular weight is 207 g/mol. The second kappa shape index (κ2) is 4.49. The van der Waals surface area contributed by atoms with E-state index in [2.05, 4.69) is 9.88 Å². The second-order valence-corrected chi connectivity index (χ2v) is 3.96. The van der Waals surface area contributed by atoms with Crippen LogP contribution in [0.15, 0.2) is 18.5 Å². The van der Waals surface area contributed by atoms with Crippen molar-refractivity contribution in [2.45, 2.75) is 25.3 Å². The summed E-state index contributed by atoms with van der Waals surface area (Å²) in [6.45, 7) is 1.17. The SMILES string of the molecule is Nc1cnccc1N1CCCCC1CO. The lowest BCUT2D eigenvalue weighted by atomic mass is 10.0. The largest absolute Gasteiger partial charge is 0.396 e. The third-order valence-electron chi connectivity index (χ3n) is 2.98. The van der Waals surface area contributed by atoms with Crippen LogP contribution in [0.25, 0.3) is 0 Å². The number of aliphatic hydroxyl groups excluding tert-OH is 1. The van der Waals surface area contributed by atoms with Gasteiger partial charge in [0, 0.05) is 12.7 Å². The van der Waals surface area contributed by atoms with Crippen LogP contribution in [0, 0.1) is 0 Å². The summed E-state index contributed by atoms with van der Waals surface area (Å²) < 4.78 is 0. The lowest BCUT2D eigenvalue weighted by molar-refractivity contribution is 0.240. The first-order valence-electron chi connectivity index (χ1n) is 5.40. The van der Waals surface area contributed by atoms with E-state index in [9.17, 15) is 5.11 Å². The predicted octanol–water partition coefficient (Wildman–Crippen LogP) is 1.02. The van der Waals surface area contributed by atoms with Gasteiger partial charge in [-0.3, -0.25) is 4.98 Å². The average Bonchev–Trinajstić information content (AvgIpc) is 2.30. The van der Waals surface area contributed by atoms with Crippen molar-refractivity contribution in [3.8, 4) is 0 Å². The van der Waals surface area contributed by atoms with E-state index in [-0.39, 0.29) is 12.6 Å². The van der Waals surface area contributed by atoms with Gasteiger partial charge in [-0.25, -0.2) is 0 Å². The van der Waals surface area contributed by atoms with Crippen LogP contribution in [-0.2, 0) is 0 Å². The Kier molecular flexibility index (Phi) is 3.06. The molecule has 15 heavy (non-hydrogen) atoms. The van der Waals surface area contributed by atoms with Crippen LogP contribution in [0.1, 0.15) is 19.3 Å². The zero-order chi connectivity index (χ0) is 10.7. The summed E-state index contributed by atoms with van der Waals surface area (Å²) in [6, 6.07) is 2.13. The first kappa shape index (κ1) is 10.2. The Labute approximate surface area is 89.7 Å². The number of aromatic nitrogens is 1. The van der Waals surface area contributed by atoms with Crippen LogP contribution in [0.5, 0.6) is 0 Å². The molecule has 0 aliphatic carbocycles. The molecule has 4 nitrogen and oxygen atoms in total. The van der Waals surface area contributed by atoms with E-state index in [0.29, 0.717) is 5.69 Å². The van der Waals surface area contributed by atoms with Crippen LogP contribution in [0.4, 0.5) is 11.4 Å². The molecule has 3 N–H and O–H groups in total. The van der Waals surface area contributed by atoms with Gasteiger partial charge in [0.1, 0.15) is 0 Å². The minimum Gasteiger partial charge on any atom is -0.396 e. The molecule has 4 heteroatoms. The Morgan fingerprint density at radius 2 is 2.40 bits per heavy atom. The number of nitrogens with zero attached hydrogens (tertiary/aromatic N) is 2. The van der Waals surface area contributed by atoms with Crippen molar-refractivity contribution in [3.05, 3.63) is 18.5 Å². The topological polar surface area (TPSA) is 62.4 Å². The maximum atomic E-state index is 9.32. The smallest absolute Gasteiger partial charge is 0.0738 e. The van der Waals surface area contributed by atoms with Crippen molar-refractivity contribution >= 4 is 11.4 Å². The number of aliphatic hydroxyl groups is 1. The molecule has 1 fully saturated rings. The van der Waals surface area contributed by atoms with Crippen LogP contribution in [-0.4, -0.2) is 29.3 Å². The second-order valence-electron chi connectivity index (χ2n) is 3.96. The highest BCUT2D eigenvalue weighted by molar-refractivity contribution is 5.66. The van der Waals surface area contributed by atoms with E-state index in [1.807, 2.05) is 6.07 Å². The molecule has 0 aromatic carbocycles. The first-order valence-corrected chi connectivity index (χ1v) is 5.40. The fourth-order valence-corrected chi connectivity index (χ4v) is 2.17.